The molecule has 0 saturated heterocycles. The number of rotatable bonds is 4. The monoisotopic (exact) mass is 469 g/mol. The van der Waals surface area contributed by atoms with Crippen LogP contribution in [-0.2, 0) is 24.5 Å². The van der Waals surface area contributed by atoms with Gasteiger partial charge in [0.1, 0.15) is 11.6 Å². The van der Waals surface area contributed by atoms with Gasteiger partial charge in [-0.1, -0.05) is 44.9 Å². The van der Waals surface area contributed by atoms with Gasteiger partial charge in [0.2, 0.25) is 0 Å². The minimum atomic E-state index is -1.88. The molecule has 0 heterocycles. The van der Waals surface area contributed by atoms with Crippen LogP contribution in [0.3, 0.4) is 0 Å². The summed E-state index contributed by atoms with van der Waals surface area (Å²) in [5, 5.41) is 0. The second kappa shape index (κ2) is 12.5. The van der Waals surface area contributed by atoms with Crippen molar-refractivity contribution in [1.82, 2.24) is 0 Å². The Hall–Kier alpha value is -0.541. The molecule has 0 bridgehead atoms. The van der Waals surface area contributed by atoms with Crippen LogP contribution in [0.1, 0.15) is 96.3 Å². The zero-order chi connectivity index (χ0) is 21.2. The zero-order valence-corrected chi connectivity index (χ0v) is 20.8. The molecule has 0 aromatic heterocycles. The maximum atomic E-state index is 12.6. The molecule has 0 aromatic carbocycles. The van der Waals surface area contributed by atoms with Crippen LogP contribution in [0.15, 0.2) is 28.3 Å². The fraction of sp³-hybridized carbons (Fsp3) is 0.731. The van der Waals surface area contributed by atoms with E-state index >= 15 is 0 Å². The van der Waals surface area contributed by atoms with E-state index in [0.29, 0.717) is 11.3 Å². The molecular weight excluding hydrogens is 430 g/mol. The number of carbonyl (C=O) groups excluding carboxylic acids is 2. The van der Waals surface area contributed by atoms with Crippen LogP contribution in [-0.4, -0.2) is 28.6 Å². The van der Waals surface area contributed by atoms with Crippen molar-refractivity contribution in [3.8, 4) is 0 Å². The Morgan fingerprint density at radius 1 is 0.867 bits per heavy atom. The van der Waals surface area contributed by atoms with Crippen LogP contribution in [0.25, 0.3) is 0 Å². The zero-order valence-electron chi connectivity index (χ0n) is 18.7. The second-order valence-electron chi connectivity index (χ2n) is 9.33. The van der Waals surface area contributed by atoms with E-state index in [9.17, 15) is 9.59 Å². The Morgan fingerprint density at radius 2 is 1.47 bits per heavy atom. The first-order valence-electron chi connectivity index (χ1n) is 12.1. The van der Waals surface area contributed by atoms with E-state index in [2.05, 4.69) is 35.7 Å². The van der Waals surface area contributed by atoms with Gasteiger partial charge in [0.25, 0.3) is 0 Å². The van der Waals surface area contributed by atoms with Gasteiger partial charge in [0.15, 0.2) is 0 Å². The van der Waals surface area contributed by atoms with Crippen LogP contribution in [0.5, 0.6) is 0 Å². The Balaban J connectivity index is 0.000000310. The fourth-order valence-electron chi connectivity index (χ4n) is 6.18. The van der Waals surface area contributed by atoms with Crippen molar-refractivity contribution in [3.63, 3.8) is 0 Å². The molecule has 0 aliphatic heterocycles. The molecule has 4 aliphatic rings. The molecule has 4 rings (SSSR count). The molecule has 167 valence electrons. The van der Waals surface area contributed by atoms with Crippen LogP contribution in [0.2, 0.25) is 5.82 Å². The van der Waals surface area contributed by atoms with Crippen molar-refractivity contribution < 1.29 is 24.5 Å². The van der Waals surface area contributed by atoms with E-state index in [-0.39, 0.29) is 5.66 Å². The predicted molar refractivity (Wildman–Crippen MR) is 126 cm³/mol. The number of hydrogen-bond donors (Lipinski definition) is 0. The quantitative estimate of drug-likeness (QED) is 0.244. The molecule has 0 amide bonds. The van der Waals surface area contributed by atoms with E-state index in [1.165, 1.54) is 77.0 Å². The minimum absolute atomic E-state index is 0.248. The van der Waals surface area contributed by atoms with Gasteiger partial charge in [-0.05, 0) is 63.1 Å². The molecule has 1 atom stereocenters. The van der Waals surface area contributed by atoms with Gasteiger partial charge in [0.05, 0.1) is 0 Å². The van der Waals surface area contributed by atoms with Crippen molar-refractivity contribution in [2.24, 2.45) is 0 Å². The van der Waals surface area contributed by atoms with Gasteiger partial charge in [-0.15, -0.1) is 0 Å². The second-order valence-corrected chi connectivity index (χ2v) is 14.6. The Bertz CT molecular complexity index is 721. The summed E-state index contributed by atoms with van der Waals surface area (Å²) < 4.78 is 1.59. The summed E-state index contributed by atoms with van der Waals surface area (Å²) in [7, 11) is 0. The third-order valence-electron chi connectivity index (χ3n) is 7.71. The van der Waals surface area contributed by atoms with Gasteiger partial charge in [-0.2, -0.15) is 0 Å². The molecule has 2 nitrogen and oxygen atoms in total. The average molecular weight is 470 g/mol. The first-order valence-corrected chi connectivity index (χ1v) is 15.9. The molecule has 0 aromatic rings. The Labute approximate surface area is 190 Å². The van der Waals surface area contributed by atoms with E-state index in [1.807, 2.05) is 0 Å². The van der Waals surface area contributed by atoms with E-state index in [1.54, 1.807) is 4.47 Å². The van der Waals surface area contributed by atoms with Gasteiger partial charge in [-0.25, -0.2) is 9.59 Å². The number of hydrogen-bond acceptors (Lipinski definition) is 2. The van der Waals surface area contributed by atoms with Gasteiger partial charge < -0.3 is 0 Å². The summed E-state index contributed by atoms with van der Waals surface area (Å²) in [5.74, 6) is 4.51. The molecule has 1 unspecified atom stereocenters. The molecule has 0 spiro atoms. The third-order valence-corrected chi connectivity index (χ3v) is 14.3. The van der Waals surface area contributed by atoms with Crippen molar-refractivity contribution >= 4 is 18.5 Å². The van der Waals surface area contributed by atoms with Crippen LogP contribution in [0.4, 0.5) is 0 Å². The van der Waals surface area contributed by atoms with Crippen LogP contribution >= 0.6 is 6.89 Å². The first-order chi connectivity index (χ1) is 14.8. The molecule has 0 radical (unpaired) electrons. The van der Waals surface area contributed by atoms with E-state index in [0.717, 1.165) is 39.8 Å². The predicted octanol–water partition coefficient (Wildman–Crippen LogP) is 7.40. The maximum absolute atomic E-state index is 12.6. The summed E-state index contributed by atoms with van der Waals surface area (Å²) >= 11 is 0.984. The van der Waals surface area contributed by atoms with Gasteiger partial charge in [0, 0.05) is 11.2 Å². The van der Waals surface area contributed by atoms with Crippen LogP contribution in [0, 0.1) is 0 Å². The summed E-state index contributed by atoms with van der Waals surface area (Å²) in [6.07, 6.45) is 24.5. The van der Waals surface area contributed by atoms with Crippen molar-refractivity contribution in [1.29, 1.82) is 0 Å². The Morgan fingerprint density at radius 3 is 1.90 bits per heavy atom. The van der Waals surface area contributed by atoms with Crippen molar-refractivity contribution in [3.05, 3.63) is 28.3 Å². The van der Waals surface area contributed by atoms with Gasteiger partial charge >= 0.3 is 49.9 Å². The van der Waals surface area contributed by atoms with Crippen molar-refractivity contribution in [2.45, 2.75) is 119 Å². The SMILES string of the molecule is O=C=C1CCCCC1P(=C=O)(C1CCCCC1)C1CCCCC1.[CH3][Mn][C]1=CC=CC1. The molecular formula is C26H39MnO2P. The number of allylic oxidation sites excluding steroid dienone is 5. The standard InChI is InChI=1S/C20H31O2P.C5H5.CH3.Mn/c21-15-17-9-7-8-14-20(17)23(16-22,18-10-3-1-4-11-18)19-12-5-2-6-13-19;1-2-4-5-3-1;;/h18-20H,1-14H2;1-3H,4H2;1H3;. The van der Waals surface area contributed by atoms with E-state index < -0.39 is 6.89 Å². The average Bonchev–Trinajstić information content (AvgIpc) is 3.36. The van der Waals surface area contributed by atoms with Gasteiger partial charge in [-0.3, -0.25) is 0 Å². The Kier molecular flexibility index (Phi) is 10.0. The molecule has 0 N–H and O–H groups in total. The summed E-state index contributed by atoms with van der Waals surface area (Å²) in [4.78, 5) is 24.2. The third kappa shape index (κ3) is 5.63. The summed E-state index contributed by atoms with van der Waals surface area (Å²) in [5.41, 5.74) is 5.08. The molecule has 3 saturated carbocycles. The fourth-order valence-corrected chi connectivity index (χ4v) is 12.7. The molecule has 4 aliphatic carbocycles. The van der Waals surface area contributed by atoms with E-state index in [4.69, 9.17) is 0 Å². The molecule has 4 heteroatoms. The first kappa shape index (κ1) is 24.1. The molecule has 30 heavy (non-hydrogen) atoms. The molecule has 3 fully saturated rings. The van der Waals surface area contributed by atoms with Crippen LogP contribution < -0.4 is 0 Å². The topological polar surface area (TPSA) is 34.1 Å². The van der Waals surface area contributed by atoms with Crippen molar-refractivity contribution in [2.75, 3.05) is 0 Å². The normalized spacial score (nSPS) is 25.7. The summed E-state index contributed by atoms with van der Waals surface area (Å²) in [6.45, 7) is -1.88. The summed E-state index contributed by atoms with van der Waals surface area (Å²) in [6, 6.07) is 0.